The number of furan rings is 1. The van der Waals surface area contributed by atoms with E-state index >= 15 is 0 Å². The van der Waals surface area contributed by atoms with E-state index in [1.54, 1.807) is 18.2 Å². The molecule has 2 N–H and O–H groups in total. The van der Waals surface area contributed by atoms with Gasteiger partial charge in [-0.25, -0.2) is 9.18 Å². The van der Waals surface area contributed by atoms with Gasteiger partial charge in [-0.15, -0.1) is 0 Å². The average Bonchev–Trinajstić information content (AvgIpc) is 2.90. The molecule has 0 aliphatic carbocycles. The fourth-order valence-corrected chi connectivity index (χ4v) is 1.72. The molecule has 0 amide bonds. The molecule has 2 aromatic rings. The van der Waals surface area contributed by atoms with Crippen molar-refractivity contribution in [2.75, 3.05) is 0 Å². The van der Waals surface area contributed by atoms with Crippen LogP contribution in [0.4, 0.5) is 4.39 Å². The number of aliphatic hydroxyl groups is 1. The van der Waals surface area contributed by atoms with Gasteiger partial charge < -0.3 is 14.6 Å². The minimum Gasteiger partial charge on any atom is -0.502 e. The minimum absolute atomic E-state index is 0.130. The van der Waals surface area contributed by atoms with Gasteiger partial charge in [0, 0.05) is 12.5 Å². The summed E-state index contributed by atoms with van der Waals surface area (Å²) in [6.45, 7) is 0. The monoisotopic (exact) mass is 290 g/mol. The third kappa shape index (κ3) is 3.56. The smallest absolute Gasteiger partial charge is 0.371 e. The standard InChI is InChI=1S/C15H11FO5/c16-11-4-2-1-3-10(11)5-9-6-14(21-8-9)12(17)7-13(18)15(19)20/h1-4,6-8,18H,5H2,(H,19,20). The maximum absolute atomic E-state index is 13.5. The normalized spacial score (nSPS) is 11.4. The zero-order valence-electron chi connectivity index (χ0n) is 10.7. The zero-order valence-corrected chi connectivity index (χ0v) is 10.7. The Bertz CT molecular complexity index is 714. The van der Waals surface area contributed by atoms with Crippen LogP contribution in [0.1, 0.15) is 21.7 Å². The lowest BCUT2D eigenvalue weighted by Gasteiger charge is -1.99. The molecule has 21 heavy (non-hydrogen) atoms. The Hall–Kier alpha value is -2.89. The molecule has 2 rings (SSSR count). The van der Waals surface area contributed by atoms with E-state index in [1.807, 2.05) is 0 Å². The van der Waals surface area contributed by atoms with E-state index in [1.165, 1.54) is 18.4 Å². The topological polar surface area (TPSA) is 87.7 Å². The number of allylic oxidation sites excluding steroid dienone is 1. The van der Waals surface area contributed by atoms with Crippen LogP contribution in [-0.2, 0) is 11.2 Å². The molecule has 0 saturated carbocycles. The predicted octanol–water partition coefficient (Wildman–Crippen LogP) is 2.72. The van der Waals surface area contributed by atoms with E-state index in [9.17, 15) is 14.0 Å². The van der Waals surface area contributed by atoms with Crippen LogP contribution in [0.2, 0.25) is 0 Å². The molecule has 1 aromatic heterocycles. The van der Waals surface area contributed by atoms with Gasteiger partial charge in [0.2, 0.25) is 11.5 Å². The van der Waals surface area contributed by atoms with Gasteiger partial charge in [-0.1, -0.05) is 18.2 Å². The van der Waals surface area contributed by atoms with Gasteiger partial charge in [0.15, 0.2) is 5.76 Å². The summed E-state index contributed by atoms with van der Waals surface area (Å²) in [6.07, 6.45) is 2.07. The fourth-order valence-electron chi connectivity index (χ4n) is 1.72. The third-order valence-corrected chi connectivity index (χ3v) is 2.74. The summed E-state index contributed by atoms with van der Waals surface area (Å²) in [7, 11) is 0. The summed E-state index contributed by atoms with van der Waals surface area (Å²) < 4.78 is 18.5. The lowest BCUT2D eigenvalue weighted by atomic mass is 10.1. The van der Waals surface area contributed by atoms with E-state index in [0.29, 0.717) is 17.2 Å². The number of rotatable bonds is 5. The van der Waals surface area contributed by atoms with Crippen molar-refractivity contribution in [2.24, 2.45) is 0 Å². The van der Waals surface area contributed by atoms with Crippen LogP contribution in [0.5, 0.6) is 0 Å². The van der Waals surface area contributed by atoms with Gasteiger partial charge in [0.25, 0.3) is 0 Å². The number of hydrogen-bond donors (Lipinski definition) is 2. The molecule has 0 spiro atoms. The van der Waals surface area contributed by atoms with E-state index < -0.39 is 17.5 Å². The first-order valence-electron chi connectivity index (χ1n) is 5.96. The molecule has 1 aromatic carbocycles. The lowest BCUT2D eigenvalue weighted by molar-refractivity contribution is -0.135. The predicted molar refractivity (Wildman–Crippen MR) is 70.6 cm³/mol. The molecular weight excluding hydrogens is 279 g/mol. The number of carboxylic acids is 1. The Balaban J connectivity index is 2.15. The average molecular weight is 290 g/mol. The summed E-state index contributed by atoms with van der Waals surface area (Å²) in [5.74, 6) is -3.97. The first-order valence-corrected chi connectivity index (χ1v) is 5.96. The van der Waals surface area contributed by atoms with Gasteiger partial charge in [-0.05, 0) is 23.3 Å². The number of benzene rings is 1. The van der Waals surface area contributed by atoms with Crippen LogP contribution < -0.4 is 0 Å². The van der Waals surface area contributed by atoms with E-state index in [2.05, 4.69) is 0 Å². The molecule has 0 atom stereocenters. The third-order valence-electron chi connectivity index (χ3n) is 2.74. The fraction of sp³-hybridized carbons (Fsp3) is 0.0667. The minimum atomic E-state index is -1.61. The Morgan fingerprint density at radius 3 is 2.62 bits per heavy atom. The van der Waals surface area contributed by atoms with E-state index in [4.69, 9.17) is 14.6 Å². The number of aliphatic carboxylic acids is 1. The SMILES string of the molecule is O=C(O)C(O)=CC(=O)c1cc(Cc2ccccc2F)co1. The molecule has 0 radical (unpaired) electrons. The highest BCUT2D eigenvalue weighted by atomic mass is 19.1. The summed E-state index contributed by atoms with van der Waals surface area (Å²) in [5, 5.41) is 17.5. The lowest BCUT2D eigenvalue weighted by Crippen LogP contribution is -2.03. The van der Waals surface area contributed by atoms with Gasteiger partial charge in [-0.3, -0.25) is 4.79 Å². The first-order chi connectivity index (χ1) is 9.97. The van der Waals surface area contributed by atoms with Crippen molar-refractivity contribution in [1.82, 2.24) is 0 Å². The highest BCUT2D eigenvalue weighted by Crippen LogP contribution is 2.16. The number of carbonyl (C=O) groups is 2. The molecule has 5 nitrogen and oxygen atoms in total. The van der Waals surface area contributed by atoms with Crippen LogP contribution in [0.3, 0.4) is 0 Å². The summed E-state index contributed by atoms with van der Waals surface area (Å²) in [6, 6.07) is 7.58. The van der Waals surface area contributed by atoms with Crippen molar-refractivity contribution in [3.05, 3.63) is 71.1 Å². The Kier molecular flexibility index (Phi) is 4.18. The van der Waals surface area contributed by atoms with Gasteiger partial charge in [-0.2, -0.15) is 0 Å². The quantitative estimate of drug-likeness (QED) is 0.502. The van der Waals surface area contributed by atoms with Crippen LogP contribution in [0.15, 0.2) is 52.8 Å². The Labute approximate surface area is 118 Å². The van der Waals surface area contributed by atoms with Gasteiger partial charge in [0.1, 0.15) is 5.82 Å². The number of carbonyl (C=O) groups excluding carboxylic acids is 1. The highest BCUT2D eigenvalue weighted by molar-refractivity contribution is 6.06. The summed E-state index contributed by atoms with van der Waals surface area (Å²) in [4.78, 5) is 22.0. The van der Waals surface area contributed by atoms with Crippen LogP contribution in [-0.4, -0.2) is 22.0 Å². The molecule has 0 saturated heterocycles. The van der Waals surface area contributed by atoms with Crippen molar-refractivity contribution < 1.29 is 28.6 Å². The van der Waals surface area contributed by atoms with Crippen molar-refractivity contribution in [3.63, 3.8) is 0 Å². The van der Waals surface area contributed by atoms with Crippen LogP contribution >= 0.6 is 0 Å². The molecule has 0 bridgehead atoms. The van der Waals surface area contributed by atoms with Crippen LogP contribution in [0, 0.1) is 5.82 Å². The second kappa shape index (κ2) is 6.04. The maximum atomic E-state index is 13.5. The Morgan fingerprint density at radius 1 is 1.24 bits per heavy atom. The van der Waals surface area contributed by atoms with Crippen molar-refractivity contribution in [3.8, 4) is 0 Å². The van der Waals surface area contributed by atoms with Crippen molar-refractivity contribution in [1.29, 1.82) is 0 Å². The van der Waals surface area contributed by atoms with Crippen LogP contribution in [0.25, 0.3) is 0 Å². The largest absolute Gasteiger partial charge is 0.502 e. The highest BCUT2D eigenvalue weighted by Gasteiger charge is 2.14. The number of carboxylic acid groups (broad SMARTS) is 1. The maximum Gasteiger partial charge on any atom is 0.371 e. The molecular formula is C15H11FO5. The number of halogens is 1. The number of aliphatic hydroxyl groups excluding tert-OH is 1. The van der Waals surface area contributed by atoms with Crippen molar-refractivity contribution in [2.45, 2.75) is 6.42 Å². The second-order valence-electron chi connectivity index (χ2n) is 4.29. The number of ketones is 1. The molecule has 0 fully saturated rings. The zero-order chi connectivity index (χ0) is 15.4. The van der Waals surface area contributed by atoms with E-state index in [-0.39, 0.29) is 18.0 Å². The molecule has 0 aliphatic rings. The summed E-state index contributed by atoms with van der Waals surface area (Å²) >= 11 is 0. The van der Waals surface area contributed by atoms with Gasteiger partial charge in [0.05, 0.1) is 6.26 Å². The Morgan fingerprint density at radius 2 is 1.95 bits per heavy atom. The molecule has 108 valence electrons. The molecule has 1 heterocycles. The van der Waals surface area contributed by atoms with Crippen molar-refractivity contribution >= 4 is 11.8 Å². The van der Waals surface area contributed by atoms with Gasteiger partial charge >= 0.3 is 5.97 Å². The van der Waals surface area contributed by atoms with E-state index in [0.717, 1.165) is 0 Å². The molecule has 0 unspecified atom stereocenters. The number of hydrogen-bond acceptors (Lipinski definition) is 4. The summed E-state index contributed by atoms with van der Waals surface area (Å²) in [5.41, 5.74) is 1.01. The first kappa shape index (κ1) is 14.5. The molecule has 0 aliphatic heterocycles. The second-order valence-corrected chi connectivity index (χ2v) is 4.29. The molecule has 6 heteroatoms.